The standard InChI is InChI=1S/C18H23N5O.ClH/c1-13-10-14-4-2-3-5-17(14)22(11-13)18(24)16-12-23(21-20-16)15-6-8-19-9-7-15;/h2-5,12-13,15,19H,6-11H2,1H3;1H. The molecule has 1 fully saturated rings. The molecule has 0 aliphatic carbocycles. The van der Waals surface area contributed by atoms with Gasteiger partial charge in [-0.15, -0.1) is 17.5 Å². The van der Waals surface area contributed by atoms with E-state index in [0.29, 0.717) is 17.7 Å². The molecule has 1 unspecified atom stereocenters. The van der Waals surface area contributed by atoms with Crippen LogP contribution in [0.3, 0.4) is 0 Å². The van der Waals surface area contributed by atoms with Crippen LogP contribution in [0.1, 0.15) is 41.9 Å². The summed E-state index contributed by atoms with van der Waals surface area (Å²) in [6.07, 6.45) is 4.89. The largest absolute Gasteiger partial charge is 0.317 e. The first-order chi connectivity index (χ1) is 11.7. The Kier molecular flexibility index (Phi) is 5.39. The van der Waals surface area contributed by atoms with E-state index in [0.717, 1.165) is 44.6 Å². The van der Waals surface area contributed by atoms with E-state index in [-0.39, 0.29) is 18.3 Å². The summed E-state index contributed by atoms with van der Waals surface area (Å²) in [5.74, 6) is 0.400. The molecule has 2 aliphatic rings. The number of carbonyl (C=O) groups excluding carboxylic acids is 1. The number of carbonyl (C=O) groups is 1. The smallest absolute Gasteiger partial charge is 0.280 e. The maximum Gasteiger partial charge on any atom is 0.280 e. The second-order valence-corrected chi connectivity index (χ2v) is 6.92. The lowest BCUT2D eigenvalue weighted by molar-refractivity contribution is 0.0976. The molecular formula is C18H24ClN5O. The van der Waals surface area contributed by atoms with Crippen LogP contribution in [-0.4, -0.2) is 40.5 Å². The van der Waals surface area contributed by atoms with Crippen molar-refractivity contribution in [1.82, 2.24) is 20.3 Å². The number of para-hydroxylation sites is 1. The van der Waals surface area contributed by atoms with Gasteiger partial charge in [-0.05, 0) is 49.9 Å². The van der Waals surface area contributed by atoms with Crippen molar-refractivity contribution in [3.05, 3.63) is 41.7 Å². The van der Waals surface area contributed by atoms with Gasteiger partial charge in [0.25, 0.3) is 5.91 Å². The fourth-order valence-electron chi connectivity index (χ4n) is 3.75. The summed E-state index contributed by atoms with van der Waals surface area (Å²) in [6.45, 7) is 4.90. The average molecular weight is 362 g/mol. The van der Waals surface area contributed by atoms with Gasteiger partial charge in [0.1, 0.15) is 0 Å². The van der Waals surface area contributed by atoms with Crippen LogP contribution in [0.2, 0.25) is 0 Å². The first-order valence-electron chi connectivity index (χ1n) is 8.74. The van der Waals surface area contributed by atoms with Crippen molar-refractivity contribution in [1.29, 1.82) is 0 Å². The van der Waals surface area contributed by atoms with E-state index in [9.17, 15) is 4.79 Å². The van der Waals surface area contributed by atoms with Crippen molar-refractivity contribution >= 4 is 24.0 Å². The van der Waals surface area contributed by atoms with Crippen molar-refractivity contribution in [2.24, 2.45) is 5.92 Å². The number of nitrogens with one attached hydrogen (secondary N) is 1. The van der Waals surface area contributed by atoms with Gasteiger partial charge in [0.15, 0.2) is 5.69 Å². The van der Waals surface area contributed by atoms with Crippen LogP contribution in [0.25, 0.3) is 0 Å². The summed E-state index contributed by atoms with van der Waals surface area (Å²) in [7, 11) is 0. The summed E-state index contributed by atoms with van der Waals surface area (Å²) in [4.78, 5) is 14.9. The van der Waals surface area contributed by atoms with Crippen molar-refractivity contribution in [2.75, 3.05) is 24.5 Å². The number of nitrogens with zero attached hydrogens (tertiary/aromatic N) is 4. The Hall–Kier alpha value is -1.92. The van der Waals surface area contributed by atoms with Gasteiger partial charge in [0.05, 0.1) is 12.2 Å². The lowest BCUT2D eigenvalue weighted by atomic mass is 9.94. The molecule has 2 aliphatic heterocycles. The molecule has 0 radical (unpaired) electrons. The second-order valence-electron chi connectivity index (χ2n) is 6.92. The zero-order valence-electron chi connectivity index (χ0n) is 14.4. The molecule has 2 aromatic rings. The molecule has 0 saturated carbocycles. The number of fused-ring (bicyclic) bond motifs is 1. The molecule has 6 nitrogen and oxygen atoms in total. The summed E-state index contributed by atoms with van der Waals surface area (Å²) >= 11 is 0. The van der Waals surface area contributed by atoms with Gasteiger partial charge in [-0.25, -0.2) is 4.68 Å². The summed E-state index contributed by atoms with van der Waals surface area (Å²) in [6, 6.07) is 8.49. The second kappa shape index (κ2) is 7.54. The molecule has 0 bridgehead atoms. The molecule has 7 heteroatoms. The number of anilines is 1. The van der Waals surface area contributed by atoms with Crippen molar-refractivity contribution in [3.8, 4) is 0 Å². The zero-order valence-corrected chi connectivity index (χ0v) is 15.2. The highest BCUT2D eigenvalue weighted by atomic mass is 35.5. The summed E-state index contributed by atoms with van der Waals surface area (Å²) < 4.78 is 1.87. The minimum atomic E-state index is -0.0471. The topological polar surface area (TPSA) is 63.1 Å². The first kappa shape index (κ1) is 17.9. The van der Waals surface area contributed by atoms with E-state index in [4.69, 9.17) is 0 Å². The molecule has 1 atom stereocenters. The van der Waals surface area contributed by atoms with Gasteiger partial charge in [-0.1, -0.05) is 30.3 Å². The predicted molar refractivity (Wildman–Crippen MR) is 99.4 cm³/mol. The normalized spacial score (nSPS) is 20.7. The van der Waals surface area contributed by atoms with E-state index in [1.807, 2.05) is 34.0 Å². The van der Waals surface area contributed by atoms with Gasteiger partial charge in [-0.2, -0.15) is 0 Å². The Morgan fingerprint density at radius 3 is 2.80 bits per heavy atom. The van der Waals surface area contributed by atoms with Crippen LogP contribution >= 0.6 is 12.4 Å². The first-order valence-corrected chi connectivity index (χ1v) is 8.74. The molecule has 0 spiro atoms. The third kappa shape index (κ3) is 3.55. The lowest BCUT2D eigenvalue weighted by Gasteiger charge is -2.32. The van der Waals surface area contributed by atoms with Gasteiger partial charge in [-0.3, -0.25) is 4.79 Å². The molecule has 4 rings (SSSR count). The number of hydrogen-bond donors (Lipinski definition) is 1. The Labute approximate surface area is 154 Å². The maximum absolute atomic E-state index is 13.0. The van der Waals surface area contributed by atoms with Crippen LogP contribution in [-0.2, 0) is 6.42 Å². The highest BCUT2D eigenvalue weighted by Crippen LogP contribution is 2.30. The average Bonchev–Trinajstić information content (AvgIpc) is 3.11. The number of benzene rings is 1. The van der Waals surface area contributed by atoms with Crippen LogP contribution in [0.4, 0.5) is 5.69 Å². The molecule has 1 aromatic heterocycles. The number of piperidine rings is 1. The SMILES string of the molecule is CC1Cc2ccccc2N(C(=O)c2cn(C3CCNCC3)nn2)C1.Cl. The monoisotopic (exact) mass is 361 g/mol. The zero-order chi connectivity index (χ0) is 16.5. The minimum Gasteiger partial charge on any atom is -0.317 e. The van der Waals surface area contributed by atoms with E-state index in [1.54, 1.807) is 0 Å². The van der Waals surface area contributed by atoms with Crippen LogP contribution in [0.5, 0.6) is 0 Å². The molecule has 1 saturated heterocycles. The quantitative estimate of drug-likeness (QED) is 0.892. The fraction of sp³-hybridized carbons (Fsp3) is 0.500. The number of hydrogen-bond acceptors (Lipinski definition) is 4. The van der Waals surface area contributed by atoms with Gasteiger partial charge in [0, 0.05) is 12.2 Å². The molecule has 1 aromatic carbocycles. The molecule has 25 heavy (non-hydrogen) atoms. The molecule has 1 N–H and O–H groups in total. The predicted octanol–water partition coefficient (Wildman–Crippen LogP) is 2.46. The third-order valence-electron chi connectivity index (χ3n) is 5.00. The van der Waals surface area contributed by atoms with Gasteiger partial charge < -0.3 is 10.2 Å². The molecular weight excluding hydrogens is 338 g/mol. The highest BCUT2D eigenvalue weighted by Gasteiger charge is 2.29. The molecule has 3 heterocycles. The minimum absolute atomic E-state index is 0. The number of amides is 1. The number of aromatic nitrogens is 3. The van der Waals surface area contributed by atoms with E-state index in [2.05, 4.69) is 28.6 Å². The van der Waals surface area contributed by atoms with Gasteiger partial charge >= 0.3 is 0 Å². The van der Waals surface area contributed by atoms with Crippen molar-refractivity contribution < 1.29 is 4.79 Å². The fourth-order valence-corrected chi connectivity index (χ4v) is 3.75. The van der Waals surface area contributed by atoms with Crippen LogP contribution in [0, 0.1) is 5.92 Å². The van der Waals surface area contributed by atoms with Gasteiger partial charge in [0.2, 0.25) is 0 Å². The molecule has 1 amide bonds. The van der Waals surface area contributed by atoms with Crippen LogP contribution < -0.4 is 10.2 Å². The Bertz CT molecular complexity index is 741. The highest BCUT2D eigenvalue weighted by molar-refractivity contribution is 6.05. The van der Waals surface area contributed by atoms with E-state index in [1.165, 1.54) is 5.56 Å². The Morgan fingerprint density at radius 2 is 2.00 bits per heavy atom. The van der Waals surface area contributed by atoms with E-state index < -0.39 is 0 Å². The summed E-state index contributed by atoms with van der Waals surface area (Å²) in [5, 5.41) is 11.7. The summed E-state index contributed by atoms with van der Waals surface area (Å²) in [5.41, 5.74) is 2.68. The third-order valence-corrected chi connectivity index (χ3v) is 5.00. The van der Waals surface area contributed by atoms with Crippen molar-refractivity contribution in [3.63, 3.8) is 0 Å². The van der Waals surface area contributed by atoms with E-state index >= 15 is 0 Å². The Balaban J connectivity index is 0.00000182. The Morgan fingerprint density at radius 1 is 1.24 bits per heavy atom. The maximum atomic E-state index is 13.0. The van der Waals surface area contributed by atoms with Crippen LogP contribution in [0.15, 0.2) is 30.5 Å². The number of halogens is 1. The number of rotatable bonds is 2. The molecule has 134 valence electrons. The lowest BCUT2D eigenvalue weighted by Crippen LogP contribution is -2.39. The van der Waals surface area contributed by atoms with Crippen molar-refractivity contribution in [2.45, 2.75) is 32.2 Å².